The Balaban J connectivity index is 2.18. The Morgan fingerprint density at radius 2 is 2.07 bits per heavy atom. The van der Waals surface area contributed by atoms with Gasteiger partial charge in [-0.2, -0.15) is 0 Å². The lowest BCUT2D eigenvalue weighted by atomic mass is 9.82. The highest BCUT2D eigenvalue weighted by molar-refractivity contribution is 5.17. The quantitative estimate of drug-likeness (QED) is 0.824. The third-order valence-corrected chi connectivity index (χ3v) is 3.29. The van der Waals surface area contributed by atoms with Crippen molar-refractivity contribution in [3.05, 3.63) is 23.8 Å². The molecule has 1 unspecified atom stereocenters. The standard InChI is InChI=1S/C12H19N3/c1-8(2)12(13)11-6-10(14-7-15-11)9-4-3-5-9/h6-9,12H,3-5,13H2,1-2H3. The molecule has 1 aromatic rings. The van der Waals surface area contributed by atoms with E-state index in [1.165, 1.54) is 25.0 Å². The van der Waals surface area contributed by atoms with Crippen LogP contribution < -0.4 is 5.73 Å². The molecule has 15 heavy (non-hydrogen) atoms. The van der Waals surface area contributed by atoms with E-state index in [-0.39, 0.29) is 6.04 Å². The molecule has 1 aliphatic rings. The Morgan fingerprint density at radius 3 is 2.60 bits per heavy atom. The van der Waals surface area contributed by atoms with Crippen molar-refractivity contribution in [3.8, 4) is 0 Å². The van der Waals surface area contributed by atoms with Crippen molar-refractivity contribution in [3.63, 3.8) is 0 Å². The van der Waals surface area contributed by atoms with Crippen LogP contribution in [0.5, 0.6) is 0 Å². The van der Waals surface area contributed by atoms with Gasteiger partial charge >= 0.3 is 0 Å². The number of nitrogens with two attached hydrogens (primary N) is 1. The fourth-order valence-electron chi connectivity index (χ4n) is 1.84. The Kier molecular flexibility index (Phi) is 3.00. The van der Waals surface area contributed by atoms with Gasteiger partial charge in [-0.05, 0) is 24.8 Å². The molecule has 0 aromatic carbocycles. The zero-order valence-corrected chi connectivity index (χ0v) is 9.48. The summed E-state index contributed by atoms with van der Waals surface area (Å²) in [6.45, 7) is 4.24. The van der Waals surface area contributed by atoms with E-state index in [2.05, 4.69) is 29.9 Å². The van der Waals surface area contributed by atoms with Crippen LogP contribution in [0.15, 0.2) is 12.4 Å². The second-order valence-electron chi connectivity index (χ2n) is 4.77. The lowest BCUT2D eigenvalue weighted by Gasteiger charge is -2.25. The van der Waals surface area contributed by atoms with Crippen molar-refractivity contribution < 1.29 is 0 Å². The van der Waals surface area contributed by atoms with Crippen molar-refractivity contribution in [2.45, 2.75) is 45.1 Å². The first-order valence-electron chi connectivity index (χ1n) is 5.76. The van der Waals surface area contributed by atoms with Gasteiger partial charge in [-0.3, -0.25) is 0 Å². The summed E-state index contributed by atoms with van der Waals surface area (Å²) >= 11 is 0. The van der Waals surface area contributed by atoms with E-state index >= 15 is 0 Å². The fourth-order valence-corrected chi connectivity index (χ4v) is 1.84. The summed E-state index contributed by atoms with van der Waals surface area (Å²) in [5.41, 5.74) is 8.25. The minimum Gasteiger partial charge on any atom is -0.322 e. The Bertz CT molecular complexity index is 331. The van der Waals surface area contributed by atoms with Gasteiger partial charge in [0.15, 0.2) is 0 Å². The number of rotatable bonds is 3. The van der Waals surface area contributed by atoms with Gasteiger partial charge in [0.25, 0.3) is 0 Å². The van der Waals surface area contributed by atoms with Crippen molar-refractivity contribution in [1.82, 2.24) is 9.97 Å². The molecule has 0 saturated heterocycles. The number of aromatic nitrogens is 2. The summed E-state index contributed by atoms with van der Waals surface area (Å²) in [6, 6.07) is 2.13. The van der Waals surface area contributed by atoms with Gasteiger partial charge in [0, 0.05) is 17.7 Å². The van der Waals surface area contributed by atoms with Gasteiger partial charge in [0.2, 0.25) is 0 Å². The van der Waals surface area contributed by atoms with Crippen LogP contribution in [0.2, 0.25) is 0 Å². The maximum atomic E-state index is 6.08. The van der Waals surface area contributed by atoms with Gasteiger partial charge in [-0.15, -0.1) is 0 Å². The van der Waals surface area contributed by atoms with E-state index in [9.17, 15) is 0 Å². The van der Waals surface area contributed by atoms with Crippen LogP contribution in [0.4, 0.5) is 0 Å². The zero-order valence-electron chi connectivity index (χ0n) is 9.48. The van der Waals surface area contributed by atoms with E-state index in [0.29, 0.717) is 11.8 Å². The van der Waals surface area contributed by atoms with E-state index in [0.717, 1.165) is 5.69 Å². The molecule has 1 saturated carbocycles. The largest absolute Gasteiger partial charge is 0.322 e. The van der Waals surface area contributed by atoms with Gasteiger partial charge in [0.1, 0.15) is 6.33 Å². The molecule has 0 spiro atoms. The maximum absolute atomic E-state index is 6.08. The van der Waals surface area contributed by atoms with E-state index in [4.69, 9.17) is 5.73 Å². The summed E-state index contributed by atoms with van der Waals surface area (Å²) in [6.07, 6.45) is 5.53. The SMILES string of the molecule is CC(C)C(N)c1cc(C2CCC2)ncn1. The molecule has 1 aromatic heterocycles. The predicted octanol–water partition coefficient (Wildman–Crippen LogP) is 2.40. The average molecular weight is 205 g/mol. The molecule has 82 valence electrons. The first-order chi connectivity index (χ1) is 7.18. The molecule has 2 N–H and O–H groups in total. The van der Waals surface area contributed by atoms with Crippen molar-refractivity contribution in [2.24, 2.45) is 11.7 Å². The number of hydrogen-bond donors (Lipinski definition) is 1. The third-order valence-electron chi connectivity index (χ3n) is 3.29. The Morgan fingerprint density at radius 1 is 1.33 bits per heavy atom. The minimum absolute atomic E-state index is 0.0341. The van der Waals surface area contributed by atoms with Crippen LogP contribution >= 0.6 is 0 Å². The molecular weight excluding hydrogens is 186 g/mol. The highest BCUT2D eigenvalue weighted by atomic mass is 14.9. The molecule has 0 amide bonds. The molecule has 2 rings (SSSR count). The van der Waals surface area contributed by atoms with Gasteiger partial charge in [-0.1, -0.05) is 20.3 Å². The van der Waals surface area contributed by atoms with Crippen molar-refractivity contribution in [1.29, 1.82) is 0 Å². The summed E-state index contributed by atoms with van der Waals surface area (Å²) < 4.78 is 0. The Hall–Kier alpha value is -0.960. The maximum Gasteiger partial charge on any atom is 0.116 e. The molecule has 1 fully saturated rings. The molecule has 0 radical (unpaired) electrons. The van der Waals surface area contributed by atoms with Crippen LogP contribution in [-0.4, -0.2) is 9.97 Å². The molecule has 0 aliphatic heterocycles. The average Bonchev–Trinajstić information content (AvgIpc) is 2.14. The molecule has 1 atom stereocenters. The van der Waals surface area contributed by atoms with Crippen LogP contribution in [0, 0.1) is 5.92 Å². The normalized spacial score (nSPS) is 18.9. The second-order valence-corrected chi connectivity index (χ2v) is 4.77. The highest BCUT2D eigenvalue weighted by Gasteiger charge is 2.22. The molecular formula is C12H19N3. The number of nitrogens with zero attached hydrogens (tertiary/aromatic N) is 2. The monoisotopic (exact) mass is 205 g/mol. The van der Waals surface area contributed by atoms with Crippen LogP contribution in [0.25, 0.3) is 0 Å². The zero-order chi connectivity index (χ0) is 10.8. The minimum atomic E-state index is 0.0341. The van der Waals surface area contributed by atoms with Crippen LogP contribution in [0.3, 0.4) is 0 Å². The summed E-state index contributed by atoms with van der Waals surface area (Å²) in [7, 11) is 0. The highest BCUT2D eigenvalue weighted by Crippen LogP contribution is 2.35. The topological polar surface area (TPSA) is 51.8 Å². The summed E-state index contributed by atoms with van der Waals surface area (Å²) in [4.78, 5) is 8.60. The summed E-state index contributed by atoms with van der Waals surface area (Å²) in [5, 5.41) is 0. The van der Waals surface area contributed by atoms with E-state index in [1.807, 2.05) is 0 Å². The second kappa shape index (κ2) is 4.27. The van der Waals surface area contributed by atoms with E-state index < -0.39 is 0 Å². The first kappa shape index (κ1) is 10.6. The molecule has 3 heteroatoms. The van der Waals surface area contributed by atoms with Gasteiger partial charge < -0.3 is 5.73 Å². The molecule has 1 heterocycles. The fraction of sp³-hybridized carbons (Fsp3) is 0.667. The molecule has 0 bridgehead atoms. The number of hydrogen-bond acceptors (Lipinski definition) is 3. The molecule has 1 aliphatic carbocycles. The van der Waals surface area contributed by atoms with Crippen LogP contribution in [-0.2, 0) is 0 Å². The van der Waals surface area contributed by atoms with Crippen molar-refractivity contribution in [2.75, 3.05) is 0 Å². The summed E-state index contributed by atoms with van der Waals surface area (Å²) in [5.74, 6) is 1.08. The van der Waals surface area contributed by atoms with Gasteiger partial charge in [-0.25, -0.2) is 9.97 Å². The van der Waals surface area contributed by atoms with Crippen molar-refractivity contribution >= 4 is 0 Å². The molecule has 3 nitrogen and oxygen atoms in total. The Labute approximate surface area is 91.1 Å². The predicted molar refractivity (Wildman–Crippen MR) is 60.4 cm³/mol. The smallest absolute Gasteiger partial charge is 0.116 e. The third kappa shape index (κ3) is 2.17. The van der Waals surface area contributed by atoms with Gasteiger partial charge in [0.05, 0.1) is 5.69 Å². The lowest BCUT2D eigenvalue weighted by molar-refractivity contribution is 0.408. The van der Waals surface area contributed by atoms with E-state index in [1.54, 1.807) is 6.33 Å². The van der Waals surface area contributed by atoms with Crippen LogP contribution in [0.1, 0.15) is 56.5 Å². The first-order valence-corrected chi connectivity index (χ1v) is 5.76. The lowest BCUT2D eigenvalue weighted by Crippen LogP contribution is -2.19.